The summed E-state index contributed by atoms with van der Waals surface area (Å²) in [7, 11) is 0. The van der Waals surface area contributed by atoms with Crippen LogP contribution in [0, 0.1) is 0 Å². The molecule has 2 heterocycles. The summed E-state index contributed by atoms with van der Waals surface area (Å²) in [5.41, 5.74) is 0. The first-order valence-corrected chi connectivity index (χ1v) is 7.29. The van der Waals surface area contributed by atoms with Gasteiger partial charge in [-0.25, -0.2) is 0 Å². The first kappa shape index (κ1) is 15.0. The van der Waals surface area contributed by atoms with Crippen molar-refractivity contribution in [3.8, 4) is 5.88 Å². The van der Waals surface area contributed by atoms with Crippen molar-refractivity contribution in [1.82, 2.24) is 15.3 Å². The highest BCUT2D eigenvalue weighted by molar-refractivity contribution is 5.33. The molecule has 2 N–H and O–H groups in total. The van der Waals surface area contributed by atoms with Gasteiger partial charge >= 0.3 is 0 Å². The minimum atomic E-state index is 0.0998. The molecule has 1 aliphatic heterocycles. The highest BCUT2D eigenvalue weighted by Gasteiger charge is 2.12. The average Bonchev–Trinajstić information content (AvgIpc) is 2.44. The minimum Gasteiger partial charge on any atom is -0.474 e. The van der Waals surface area contributed by atoms with Crippen LogP contribution in [-0.2, 0) is 4.74 Å². The summed E-state index contributed by atoms with van der Waals surface area (Å²) in [4.78, 5) is 8.44. The molecule has 6 nitrogen and oxygen atoms in total. The van der Waals surface area contributed by atoms with Crippen molar-refractivity contribution in [2.75, 3.05) is 31.6 Å². The highest BCUT2D eigenvalue weighted by Crippen LogP contribution is 2.11. The molecule has 0 aromatic carbocycles. The molecule has 2 rings (SSSR count). The molecule has 0 aliphatic carbocycles. The molecule has 6 heteroatoms. The molecule has 1 saturated heterocycles. The maximum atomic E-state index is 5.82. The van der Waals surface area contributed by atoms with Gasteiger partial charge in [0.15, 0.2) is 0 Å². The van der Waals surface area contributed by atoms with Gasteiger partial charge in [0.05, 0.1) is 31.2 Å². The summed E-state index contributed by atoms with van der Waals surface area (Å²) in [6.07, 6.45) is 5.99. The highest BCUT2D eigenvalue weighted by atomic mass is 16.5. The number of anilines is 1. The molecule has 1 aliphatic rings. The first-order valence-electron chi connectivity index (χ1n) is 7.29. The van der Waals surface area contributed by atoms with Gasteiger partial charge in [-0.1, -0.05) is 0 Å². The lowest BCUT2D eigenvalue weighted by molar-refractivity contribution is 0.0394. The smallest absolute Gasteiger partial charge is 0.234 e. The first-order chi connectivity index (χ1) is 9.74. The van der Waals surface area contributed by atoms with Crippen LogP contribution in [0.25, 0.3) is 0 Å². The number of nitrogens with zero attached hydrogens (tertiary/aromatic N) is 2. The maximum Gasteiger partial charge on any atom is 0.234 e. The monoisotopic (exact) mass is 280 g/mol. The summed E-state index contributed by atoms with van der Waals surface area (Å²) in [6.45, 7) is 7.45. The van der Waals surface area contributed by atoms with E-state index in [2.05, 4.69) is 20.6 Å². The average molecular weight is 280 g/mol. The van der Waals surface area contributed by atoms with Gasteiger partial charge < -0.3 is 20.1 Å². The Bertz CT molecular complexity index is 395. The number of piperidine rings is 1. The lowest BCUT2D eigenvalue weighted by Gasteiger charge is -2.23. The molecule has 0 amide bonds. The van der Waals surface area contributed by atoms with Crippen LogP contribution in [0.15, 0.2) is 12.4 Å². The second-order valence-corrected chi connectivity index (χ2v) is 5.16. The number of ether oxygens (including phenoxy) is 2. The number of hydrogen-bond acceptors (Lipinski definition) is 6. The van der Waals surface area contributed by atoms with Crippen molar-refractivity contribution in [2.24, 2.45) is 0 Å². The van der Waals surface area contributed by atoms with Gasteiger partial charge in [-0.15, -0.1) is 0 Å². The molecule has 0 atom stereocenters. The van der Waals surface area contributed by atoms with Gasteiger partial charge in [-0.3, -0.25) is 4.98 Å². The number of rotatable bonds is 7. The molecule has 1 fully saturated rings. The standard InChI is InChI=1S/C14H24N4O2/c1-11(2)20-14-10-16-9-13(18-14)17-7-8-19-12-3-5-15-6-4-12/h9-12,15H,3-8H2,1-2H3,(H,17,18). The van der Waals surface area contributed by atoms with Crippen molar-refractivity contribution >= 4 is 5.82 Å². The quantitative estimate of drug-likeness (QED) is 0.737. The fourth-order valence-electron chi connectivity index (χ4n) is 2.10. The topological polar surface area (TPSA) is 68.3 Å². The van der Waals surface area contributed by atoms with Gasteiger partial charge in [0, 0.05) is 6.54 Å². The van der Waals surface area contributed by atoms with Gasteiger partial charge in [0.2, 0.25) is 5.88 Å². The van der Waals surface area contributed by atoms with Crippen molar-refractivity contribution < 1.29 is 9.47 Å². The molecular weight excluding hydrogens is 256 g/mol. The zero-order valence-corrected chi connectivity index (χ0v) is 12.3. The maximum absolute atomic E-state index is 5.82. The Balaban J connectivity index is 1.68. The predicted molar refractivity (Wildman–Crippen MR) is 78.1 cm³/mol. The van der Waals surface area contributed by atoms with Gasteiger partial charge in [0.25, 0.3) is 0 Å². The molecule has 0 spiro atoms. The molecule has 0 unspecified atom stereocenters. The zero-order chi connectivity index (χ0) is 14.2. The van der Waals surface area contributed by atoms with Gasteiger partial charge in [0.1, 0.15) is 5.82 Å². The van der Waals surface area contributed by atoms with E-state index in [1.165, 1.54) is 0 Å². The molecule has 1 aromatic heterocycles. The van der Waals surface area contributed by atoms with E-state index < -0.39 is 0 Å². The molecule has 0 radical (unpaired) electrons. The Morgan fingerprint density at radius 2 is 2.15 bits per heavy atom. The van der Waals surface area contributed by atoms with E-state index in [1.807, 2.05) is 13.8 Å². The van der Waals surface area contributed by atoms with Crippen molar-refractivity contribution in [3.05, 3.63) is 12.4 Å². The lowest BCUT2D eigenvalue weighted by Crippen LogP contribution is -2.33. The van der Waals surface area contributed by atoms with Crippen molar-refractivity contribution in [3.63, 3.8) is 0 Å². The van der Waals surface area contributed by atoms with Crippen LogP contribution in [0.1, 0.15) is 26.7 Å². The second-order valence-electron chi connectivity index (χ2n) is 5.16. The molecular formula is C14H24N4O2. The van der Waals surface area contributed by atoms with Crippen LogP contribution >= 0.6 is 0 Å². The van der Waals surface area contributed by atoms with E-state index in [1.54, 1.807) is 12.4 Å². The third-order valence-corrected chi connectivity index (χ3v) is 3.02. The van der Waals surface area contributed by atoms with Crippen LogP contribution in [-0.4, -0.2) is 48.4 Å². The fourth-order valence-corrected chi connectivity index (χ4v) is 2.10. The van der Waals surface area contributed by atoms with Crippen LogP contribution in [0.5, 0.6) is 5.88 Å². The van der Waals surface area contributed by atoms with E-state index in [4.69, 9.17) is 9.47 Å². The van der Waals surface area contributed by atoms with Gasteiger partial charge in [-0.05, 0) is 39.8 Å². The SMILES string of the molecule is CC(C)Oc1cncc(NCCOC2CCNCC2)n1. The third-order valence-electron chi connectivity index (χ3n) is 3.02. The Hall–Kier alpha value is -1.40. The second kappa shape index (κ2) is 8.01. The summed E-state index contributed by atoms with van der Waals surface area (Å²) in [5.74, 6) is 1.27. The van der Waals surface area contributed by atoms with Crippen molar-refractivity contribution in [1.29, 1.82) is 0 Å². The van der Waals surface area contributed by atoms with E-state index in [0.717, 1.165) is 38.3 Å². The third kappa shape index (κ3) is 5.30. The largest absolute Gasteiger partial charge is 0.474 e. The van der Waals surface area contributed by atoms with Crippen LogP contribution in [0.3, 0.4) is 0 Å². The Labute approximate surface area is 120 Å². The normalized spacial score (nSPS) is 16.4. The molecule has 0 saturated carbocycles. The Morgan fingerprint density at radius 3 is 2.90 bits per heavy atom. The van der Waals surface area contributed by atoms with E-state index in [0.29, 0.717) is 18.6 Å². The summed E-state index contributed by atoms with van der Waals surface area (Å²) >= 11 is 0. The van der Waals surface area contributed by atoms with E-state index in [-0.39, 0.29) is 6.10 Å². The molecule has 112 valence electrons. The van der Waals surface area contributed by atoms with Crippen LogP contribution in [0.4, 0.5) is 5.82 Å². The fraction of sp³-hybridized carbons (Fsp3) is 0.714. The summed E-state index contributed by atoms with van der Waals surface area (Å²) in [6, 6.07) is 0. The van der Waals surface area contributed by atoms with Gasteiger partial charge in [-0.2, -0.15) is 4.98 Å². The van der Waals surface area contributed by atoms with E-state index >= 15 is 0 Å². The summed E-state index contributed by atoms with van der Waals surface area (Å²) < 4.78 is 11.3. The Morgan fingerprint density at radius 1 is 1.35 bits per heavy atom. The van der Waals surface area contributed by atoms with E-state index in [9.17, 15) is 0 Å². The van der Waals surface area contributed by atoms with Crippen LogP contribution < -0.4 is 15.4 Å². The number of hydrogen-bond donors (Lipinski definition) is 2. The van der Waals surface area contributed by atoms with Crippen LogP contribution in [0.2, 0.25) is 0 Å². The lowest BCUT2D eigenvalue weighted by atomic mass is 10.1. The minimum absolute atomic E-state index is 0.0998. The molecule has 1 aromatic rings. The zero-order valence-electron chi connectivity index (χ0n) is 12.3. The number of aromatic nitrogens is 2. The number of nitrogens with one attached hydrogen (secondary N) is 2. The summed E-state index contributed by atoms with van der Waals surface area (Å²) in [5, 5.41) is 6.53. The predicted octanol–water partition coefficient (Wildman–Crippen LogP) is 1.44. The van der Waals surface area contributed by atoms with Crippen molar-refractivity contribution in [2.45, 2.75) is 38.9 Å². The molecule has 20 heavy (non-hydrogen) atoms. The Kier molecular flexibility index (Phi) is 6.01. The molecule has 0 bridgehead atoms.